The summed E-state index contributed by atoms with van der Waals surface area (Å²) in [7, 11) is 0. The van der Waals surface area contributed by atoms with Gasteiger partial charge in [0.2, 0.25) is 0 Å². The van der Waals surface area contributed by atoms with Crippen LogP contribution in [0.25, 0.3) is 53.1 Å². The maximum absolute atomic E-state index is 15.0. The van der Waals surface area contributed by atoms with Crippen LogP contribution in [0.2, 0.25) is 0 Å². The van der Waals surface area contributed by atoms with E-state index in [2.05, 4.69) is 41.1 Å². The molecule has 0 saturated carbocycles. The fourth-order valence-electron chi connectivity index (χ4n) is 6.00. The van der Waals surface area contributed by atoms with E-state index in [1.165, 1.54) is 47.2 Å². The molecule has 274 valence electrons. The topological polar surface area (TPSA) is 108 Å². The summed E-state index contributed by atoms with van der Waals surface area (Å²) in [5.74, 6) is -6.68. The number of aromatic nitrogens is 7. The van der Waals surface area contributed by atoms with E-state index in [9.17, 15) is 18.4 Å². The van der Waals surface area contributed by atoms with E-state index >= 15 is 8.78 Å². The number of para-hydroxylation sites is 2. The number of halogens is 5. The predicted octanol–water partition coefficient (Wildman–Crippen LogP) is 9.42. The Bertz CT molecular complexity index is 2990. The molecule has 0 spiro atoms. The number of hydrogen-bond acceptors (Lipinski definition) is 9. The molecule has 0 saturated heterocycles. The Morgan fingerprint density at radius 2 is 1.11 bits per heavy atom. The molecule has 9 rings (SSSR count). The average Bonchev–Trinajstić information content (AvgIpc) is 3.81. The van der Waals surface area contributed by atoms with Crippen molar-refractivity contribution in [3.63, 3.8) is 0 Å². The van der Waals surface area contributed by atoms with Crippen LogP contribution in [0.5, 0.6) is 0 Å². The number of pyridine rings is 3. The zero-order chi connectivity index (χ0) is 38.3. The zero-order valence-electron chi connectivity index (χ0n) is 28.1. The molecule has 0 amide bonds. The van der Waals surface area contributed by atoms with Gasteiger partial charge in [-0.25, -0.2) is 19.3 Å². The van der Waals surface area contributed by atoms with Gasteiger partial charge in [-0.15, -0.1) is 22.7 Å². The molecular weight excluding hydrogens is 819 g/mol. The standard InChI is InChI=1S/C22H14F2N4OS.C17H10BrF2N3OS/c23-22(24,19-6-5-15-3-1-2-4-17(15)27-19)13-28-21(29)20-16(12-30-18(20)11-26-28)14-7-9-25-10-8-14;18-11-8-25-13-7-21-23(16(24)15(11)13)9-17(19,20)14-6-5-10-3-1-2-4-12(10)22-14/h1-12H,13H2;1-8H,9H2. The van der Waals surface area contributed by atoms with E-state index in [0.717, 1.165) is 25.7 Å². The van der Waals surface area contributed by atoms with Crippen LogP contribution in [0.3, 0.4) is 0 Å². The molecule has 16 heteroatoms. The van der Waals surface area contributed by atoms with E-state index in [1.54, 1.807) is 78.4 Å². The number of rotatable bonds is 7. The van der Waals surface area contributed by atoms with E-state index in [-0.39, 0.29) is 5.69 Å². The van der Waals surface area contributed by atoms with Crippen molar-refractivity contribution in [1.82, 2.24) is 34.5 Å². The Kier molecular flexibility index (Phi) is 9.57. The van der Waals surface area contributed by atoms with Crippen molar-refractivity contribution in [2.45, 2.75) is 24.9 Å². The Morgan fingerprint density at radius 1 is 0.618 bits per heavy atom. The molecular formula is C39H24BrF4N7O2S2. The minimum absolute atomic E-state index is 0.363. The second-order valence-corrected chi connectivity index (χ2v) is 15.0. The third-order valence-corrected chi connectivity index (χ3v) is 11.5. The molecule has 0 radical (unpaired) electrons. The Morgan fingerprint density at radius 3 is 1.67 bits per heavy atom. The van der Waals surface area contributed by atoms with Crippen molar-refractivity contribution in [2.24, 2.45) is 0 Å². The summed E-state index contributed by atoms with van der Waals surface area (Å²) in [6.07, 6.45) is 6.13. The summed E-state index contributed by atoms with van der Waals surface area (Å²) in [5, 5.41) is 13.7. The predicted molar refractivity (Wildman–Crippen MR) is 210 cm³/mol. The summed E-state index contributed by atoms with van der Waals surface area (Å²) < 4.78 is 63.0. The fourth-order valence-corrected chi connectivity index (χ4v) is 8.48. The molecule has 0 N–H and O–H groups in total. The molecule has 0 bridgehead atoms. The van der Waals surface area contributed by atoms with Crippen LogP contribution < -0.4 is 11.1 Å². The van der Waals surface area contributed by atoms with Crippen molar-refractivity contribution in [1.29, 1.82) is 0 Å². The Hall–Kier alpha value is -5.71. The van der Waals surface area contributed by atoms with Crippen LogP contribution in [0.4, 0.5) is 17.6 Å². The summed E-state index contributed by atoms with van der Waals surface area (Å²) >= 11 is 5.95. The van der Waals surface area contributed by atoms with Gasteiger partial charge in [0, 0.05) is 44.0 Å². The number of nitrogens with zero attached hydrogens (tertiary/aromatic N) is 7. The lowest BCUT2D eigenvalue weighted by Crippen LogP contribution is -2.31. The van der Waals surface area contributed by atoms with Crippen LogP contribution in [0.15, 0.2) is 135 Å². The molecule has 0 aliphatic rings. The van der Waals surface area contributed by atoms with Gasteiger partial charge in [-0.2, -0.15) is 27.8 Å². The Labute approximate surface area is 324 Å². The summed E-state index contributed by atoms with van der Waals surface area (Å²) in [6.45, 7) is -1.76. The van der Waals surface area contributed by atoms with Crippen LogP contribution in [-0.4, -0.2) is 34.5 Å². The van der Waals surface area contributed by atoms with E-state index in [0.29, 0.717) is 41.2 Å². The van der Waals surface area contributed by atoms with Gasteiger partial charge in [-0.05, 0) is 57.9 Å². The van der Waals surface area contributed by atoms with Gasteiger partial charge >= 0.3 is 11.8 Å². The van der Waals surface area contributed by atoms with Gasteiger partial charge in [0.1, 0.15) is 24.5 Å². The van der Waals surface area contributed by atoms with Crippen molar-refractivity contribution >= 4 is 80.6 Å². The second kappa shape index (κ2) is 14.5. The van der Waals surface area contributed by atoms with Crippen molar-refractivity contribution in [3.05, 3.63) is 157 Å². The van der Waals surface area contributed by atoms with Gasteiger partial charge < -0.3 is 0 Å². The van der Waals surface area contributed by atoms with Crippen LogP contribution >= 0.6 is 38.6 Å². The van der Waals surface area contributed by atoms with Crippen LogP contribution in [0, 0.1) is 0 Å². The summed E-state index contributed by atoms with van der Waals surface area (Å²) in [6, 6.07) is 23.4. The third-order valence-electron chi connectivity index (χ3n) is 8.75. The molecule has 9 aromatic rings. The SMILES string of the molecule is O=c1c2c(-c3ccncc3)csc2cnn1CC(F)(F)c1ccc2ccccc2n1.O=c1c2c(Br)csc2cnn1CC(F)(F)c1ccc2ccccc2n1. The molecule has 0 atom stereocenters. The van der Waals surface area contributed by atoms with Crippen LogP contribution in [0.1, 0.15) is 11.4 Å². The quantitative estimate of drug-likeness (QED) is 0.147. The molecule has 0 aliphatic heterocycles. The zero-order valence-corrected chi connectivity index (χ0v) is 31.3. The number of fused-ring (bicyclic) bond motifs is 4. The van der Waals surface area contributed by atoms with E-state index in [1.807, 2.05) is 17.5 Å². The maximum atomic E-state index is 15.0. The average molecular weight is 843 g/mol. The number of hydrogen-bond donors (Lipinski definition) is 0. The van der Waals surface area contributed by atoms with Crippen molar-refractivity contribution in [3.8, 4) is 11.1 Å². The molecule has 0 unspecified atom stereocenters. The lowest BCUT2D eigenvalue weighted by Gasteiger charge is -2.17. The smallest absolute Gasteiger partial charge is 0.267 e. The van der Waals surface area contributed by atoms with E-state index in [4.69, 9.17) is 0 Å². The Balaban J connectivity index is 0.000000158. The number of thiophene rings is 2. The first kappa shape index (κ1) is 36.3. The molecule has 7 heterocycles. The van der Waals surface area contributed by atoms with Gasteiger partial charge in [-0.3, -0.25) is 14.6 Å². The fraction of sp³-hybridized carbons (Fsp3) is 0.103. The van der Waals surface area contributed by atoms with E-state index < -0.39 is 41.7 Å². The van der Waals surface area contributed by atoms with Gasteiger partial charge in [0.05, 0.1) is 43.6 Å². The lowest BCUT2D eigenvalue weighted by molar-refractivity contribution is -0.0310. The monoisotopic (exact) mass is 841 g/mol. The first-order valence-electron chi connectivity index (χ1n) is 16.5. The first-order chi connectivity index (χ1) is 26.5. The number of alkyl halides is 4. The van der Waals surface area contributed by atoms with Gasteiger partial charge in [-0.1, -0.05) is 48.5 Å². The highest BCUT2D eigenvalue weighted by Crippen LogP contribution is 2.34. The van der Waals surface area contributed by atoms with Gasteiger partial charge in [0.25, 0.3) is 11.1 Å². The maximum Gasteiger partial charge on any atom is 0.309 e. The van der Waals surface area contributed by atoms with Gasteiger partial charge in [0.15, 0.2) is 0 Å². The molecule has 55 heavy (non-hydrogen) atoms. The molecule has 0 fully saturated rings. The van der Waals surface area contributed by atoms with Crippen molar-refractivity contribution < 1.29 is 17.6 Å². The second-order valence-electron chi connectivity index (χ2n) is 12.3. The third kappa shape index (κ3) is 7.15. The summed E-state index contributed by atoms with van der Waals surface area (Å²) in [4.78, 5) is 37.6. The highest BCUT2D eigenvalue weighted by atomic mass is 79.9. The summed E-state index contributed by atoms with van der Waals surface area (Å²) in [5.41, 5.74) is 0.560. The normalized spacial score (nSPS) is 12.0. The molecule has 2 aromatic carbocycles. The first-order valence-corrected chi connectivity index (χ1v) is 19.0. The molecule has 9 nitrogen and oxygen atoms in total. The lowest BCUT2D eigenvalue weighted by atomic mass is 10.1. The van der Waals surface area contributed by atoms with Crippen LogP contribution in [-0.2, 0) is 24.9 Å². The number of benzene rings is 2. The molecule has 7 aromatic heterocycles. The highest BCUT2D eigenvalue weighted by Gasteiger charge is 2.36. The minimum Gasteiger partial charge on any atom is -0.267 e. The van der Waals surface area contributed by atoms with Crippen molar-refractivity contribution in [2.75, 3.05) is 0 Å². The highest BCUT2D eigenvalue weighted by molar-refractivity contribution is 9.10. The largest absolute Gasteiger partial charge is 0.309 e. The molecule has 0 aliphatic carbocycles. The minimum atomic E-state index is -3.36.